The highest BCUT2D eigenvalue weighted by molar-refractivity contribution is 7.98. The second-order valence-electron chi connectivity index (χ2n) is 6.99. The zero-order valence-electron chi connectivity index (χ0n) is 17.9. The number of hydrogen-bond acceptors (Lipinski definition) is 4. The van der Waals surface area contributed by atoms with Crippen LogP contribution in [-0.2, 0) is 14.4 Å². The molecule has 0 fully saturated rings. The smallest absolute Gasteiger partial charge is 0.251 e. The van der Waals surface area contributed by atoms with Crippen LogP contribution in [0.1, 0.15) is 43.2 Å². The highest BCUT2D eigenvalue weighted by atomic mass is 32.2. The number of thioether (sulfide) groups is 1. The molecule has 0 saturated carbocycles. The van der Waals surface area contributed by atoms with Gasteiger partial charge in [0.05, 0.1) is 7.11 Å². The van der Waals surface area contributed by atoms with Gasteiger partial charge in [0.1, 0.15) is 5.82 Å². The fraction of sp³-hybridized carbons (Fsp3) is 0.333. The van der Waals surface area contributed by atoms with Gasteiger partial charge in [-0.25, -0.2) is 9.87 Å². The minimum absolute atomic E-state index is 0.129. The van der Waals surface area contributed by atoms with Gasteiger partial charge in [-0.1, -0.05) is 37.1 Å². The molecule has 0 saturated heterocycles. The largest absolute Gasteiger partial charge is 0.352 e. The molecule has 0 radical (unpaired) electrons. The number of amides is 2. The molecule has 0 unspecified atom stereocenters. The Morgan fingerprint density at radius 3 is 2.32 bits per heavy atom. The minimum Gasteiger partial charge on any atom is -0.352 e. The van der Waals surface area contributed by atoms with Crippen molar-refractivity contribution < 1.29 is 18.8 Å². The van der Waals surface area contributed by atoms with Gasteiger partial charge < -0.3 is 5.32 Å². The number of rotatable bonds is 12. The maximum atomic E-state index is 13.4. The van der Waals surface area contributed by atoms with Crippen LogP contribution in [0, 0.1) is 5.82 Å². The molecule has 2 aromatic carbocycles. The molecule has 7 heteroatoms. The van der Waals surface area contributed by atoms with E-state index in [0.29, 0.717) is 24.1 Å². The summed E-state index contributed by atoms with van der Waals surface area (Å²) in [5, 5.41) is 2.95. The topological polar surface area (TPSA) is 67.4 Å². The van der Waals surface area contributed by atoms with E-state index in [1.807, 2.05) is 36.6 Å². The molecule has 0 heterocycles. The summed E-state index contributed by atoms with van der Waals surface area (Å²) in [6, 6.07) is 13.9. The molecule has 31 heavy (non-hydrogen) atoms. The summed E-state index contributed by atoms with van der Waals surface area (Å²) in [6.45, 7) is 0.535. The van der Waals surface area contributed by atoms with Crippen molar-refractivity contribution in [2.45, 2.75) is 37.0 Å². The second kappa shape index (κ2) is 13.6. The van der Waals surface area contributed by atoms with Crippen molar-refractivity contribution in [2.24, 2.45) is 0 Å². The first-order valence-electron chi connectivity index (χ1n) is 10.2. The molecule has 0 aromatic heterocycles. The lowest BCUT2D eigenvalue weighted by molar-refractivity contribution is -0.131. The molecule has 0 aliphatic heterocycles. The summed E-state index contributed by atoms with van der Waals surface area (Å²) in [4.78, 5) is 29.9. The van der Waals surface area contributed by atoms with Crippen LogP contribution in [0.2, 0.25) is 0 Å². The van der Waals surface area contributed by atoms with E-state index >= 15 is 0 Å². The zero-order valence-corrected chi connectivity index (χ0v) is 18.8. The summed E-state index contributed by atoms with van der Waals surface area (Å²) in [5.74, 6) is -0.664. The Morgan fingerprint density at radius 1 is 1.00 bits per heavy atom. The molecule has 0 spiro atoms. The number of carbonyl (C=O) groups excluding carboxylic acids is 2. The molecule has 0 atom stereocenters. The van der Waals surface area contributed by atoms with Crippen molar-refractivity contribution in [3.8, 4) is 0 Å². The van der Waals surface area contributed by atoms with E-state index in [2.05, 4.69) is 15.6 Å². The van der Waals surface area contributed by atoms with Crippen molar-refractivity contribution in [3.05, 3.63) is 65.5 Å². The predicted octanol–water partition coefficient (Wildman–Crippen LogP) is 4.83. The maximum absolute atomic E-state index is 13.4. The number of benzene rings is 2. The van der Waals surface area contributed by atoms with Crippen LogP contribution in [0.3, 0.4) is 0 Å². The third-order valence-electron chi connectivity index (χ3n) is 4.66. The predicted molar refractivity (Wildman–Crippen MR) is 124 cm³/mol. The standard InChI is InChI=1S/C24H29FN2O3S/c1-30-27-23(28)7-5-3-4-6-16-26-24(29)22(19-10-12-20(25)13-11-19)17-18-8-14-21(31-2)15-9-18/h8-15,17H,3-7,16H2,1-2H3,(H,26,29)(H,27,28)/b22-17-. The molecule has 2 rings (SSSR count). The first-order valence-corrected chi connectivity index (χ1v) is 11.5. The van der Waals surface area contributed by atoms with Gasteiger partial charge in [-0.2, -0.15) is 0 Å². The summed E-state index contributed by atoms with van der Waals surface area (Å²) in [6.07, 6.45) is 7.65. The van der Waals surface area contributed by atoms with Gasteiger partial charge in [0, 0.05) is 23.4 Å². The Hall–Kier alpha value is -2.64. The van der Waals surface area contributed by atoms with Gasteiger partial charge in [0.15, 0.2) is 0 Å². The lowest BCUT2D eigenvalue weighted by atomic mass is 10.0. The van der Waals surface area contributed by atoms with Gasteiger partial charge in [0.2, 0.25) is 5.91 Å². The van der Waals surface area contributed by atoms with Gasteiger partial charge in [-0.15, -0.1) is 11.8 Å². The third-order valence-corrected chi connectivity index (χ3v) is 5.40. The SMILES string of the molecule is CONC(=O)CCCCCCNC(=O)/C(=C\c1ccc(SC)cc1)c1ccc(F)cc1. The molecular formula is C24H29FN2O3S. The molecule has 166 valence electrons. The highest BCUT2D eigenvalue weighted by Crippen LogP contribution is 2.21. The summed E-state index contributed by atoms with van der Waals surface area (Å²) >= 11 is 1.65. The fourth-order valence-corrected chi connectivity index (χ4v) is 3.41. The van der Waals surface area contributed by atoms with Crippen LogP contribution in [0.4, 0.5) is 4.39 Å². The molecule has 2 N–H and O–H groups in total. The Labute approximate surface area is 187 Å². The van der Waals surface area contributed by atoms with Crippen LogP contribution in [0.5, 0.6) is 0 Å². The number of nitrogens with one attached hydrogen (secondary N) is 2. The molecule has 2 amide bonds. The van der Waals surface area contributed by atoms with Crippen molar-refractivity contribution >= 4 is 35.2 Å². The first kappa shape index (κ1) is 24.6. The van der Waals surface area contributed by atoms with Crippen LogP contribution >= 0.6 is 11.8 Å². The number of carbonyl (C=O) groups is 2. The van der Waals surface area contributed by atoms with E-state index in [0.717, 1.165) is 36.1 Å². The number of hydroxylamine groups is 1. The molecule has 5 nitrogen and oxygen atoms in total. The zero-order chi connectivity index (χ0) is 22.5. The van der Waals surface area contributed by atoms with Crippen molar-refractivity contribution in [1.29, 1.82) is 0 Å². The fourth-order valence-electron chi connectivity index (χ4n) is 3.00. The quantitative estimate of drug-likeness (QED) is 0.162. The maximum Gasteiger partial charge on any atom is 0.251 e. The first-order chi connectivity index (χ1) is 15.0. The van der Waals surface area contributed by atoms with Crippen LogP contribution < -0.4 is 10.8 Å². The van der Waals surface area contributed by atoms with E-state index in [1.54, 1.807) is 23.9 Å². The Bertz CT molecular complexity index is 867. The molecule has 2 aromatic rings. The van der Waals surface area contributed by atoms with Gasteiger partial charge >= 0.3 is 0 Å². The lowest BCUT2D eigenvalue weighted by Crippen LogP contribution is -2.25. The second-order valence-corrected chi connectivity index (χ2v) is 7.87. The Morgan fingerprint density at radius 2 is 1.68 bits per heavy atom. The van der Waals surface area contributed by atoms with Gasteiger partial charge in [-0.05, 0) is 60.6 Å². The Kier molecular flexibility index (Phi) is 10.8. The van der Waals surface area contributed by atoms with E-state index in [-0.39, 0.29) is 17.6 Å². The van der Waals surface area contributed by atoms with Crippen molar-refractivity contribution in [2.75, 3.05) is 19.9 Å². The monoisotopic (exact) mass is 444 g/mol. The molecule has 0 bridgehead atoms. The number of unbranched alkanes of at least 4 members (excludes halogenated alkanes) is 3. The van der Waals surface area contributed by atoms with Crippen LogP contribution in [0.15, 0.2) is 53.4 Å². The van der Waals surface area contributed by atoms with Gasteiger partial charge in [-0.3, -0.25) is 14.4 Å². The average molecular weight is 445 g/mol. The molecule has 0 aliphatic rings. The molecule has 0 aliphatic carbocycles. The summed E-state index contributed by atoms with van der Waals surface area (Å²) < 4.78 is 13.4. The number of hydrogen-bond donors (Lipinski definition) is 2. The highest BCUT2D eigenvalue weighted by Gasteiger charge is 2.12. The normalized spacial score (nSPS) is 11.3. The Balaban J connectivity index is 1.93. The van der Waals surface area contributed by atoms with E-state index < -0.39 is 0 Å². The lowest BCUT2D eigenvalue weighted by Gasteiger charge is -2.10. The van der Waals surface area contributed by atoms with E-state index in [1.165, 1.54) is 19.2 Å². The van der Waals surface area contributed by atoms with E-state index in [4.69, 9.17) is 0 Å². The van der Waals surface area contributed by atoms with Crippen molar-refractivity contribution in [1.82, 2.24) is 10.8 Å². The summed E-state index contributed by atoms with van der Waals surface area (Å²) in [7, 11) is 1.41. The van der Waals surface area contributed by atoms with Crippen LogP contribution in [0.25, 0.3) is 11.6 Å². The van der Waals surface area contributed by atoms with E-state index in [9.17, 15) is 14.0 Å². The van der Waals surface area contributed by atoms with Crippen LogP contribution in [-0.4, -0.2) is 31.7 Å². The summed E-state index contributed by atoms with van der Waals surface area (Å²) in [5.41, 5.74) is 4.36. The molecular weight excluding hydrogens is 415 g/mol. The number of halogens is 1. The van der Waals surface area contributed by atoms with Crippen molar-refractivity contribution in [3.63, 3.8) is 0 Å². The van der Waals surface area contributed by atoms with Gasteiger partial charge in [0.25, 0.3) is 5.91 Å². The average Bonchev–Trinajstić information content (AvgIpc) is 2.78. The minimum atomic E-state index is -0.341. The third kappa shape index (κ3) is 8.94.